The molecule has 78 valence electrons. The highest BCUT2D eigenvalue weighted by molar-refractivity contribution is 5.36. The van der Waals surface area contributed by atoms with E-state index in [1.165, 1.54) is 5.56 Å². The normalized spacial score (nSPS) is 8.86. The van der Waals surface area contributed by atoms with Crippen molar-refractivity contribution in [2.45, 2.75) is 20.8 Å². The summed E-state index contributed by atoms with van der Waals surface area (Å²) < 4.78 is 4.41. The fourth-order valence-electron chi connectivity index (χ4n) is 0.766. The molecule has 0 radical (unpaired) electrons. The molecule has 0 spiro atoms. The second-order valence-corrected chi connectivity index (χ2v) is 3.48. The van der Waals surface area contributed by atoms with E-state index in [-0.39, 0.29) is 0 Å². The van der Waals surface area contributed by atoms with Crippen molar-refractivity contribution in [3.8, 4) is 0 Å². The Hall–Kier alpha value is -1.31. The first-order chi connectivity index (χ1) is 6.66. The Morgan fingerprint density at radius 2 is 1.86 bits per heavy atom. The maximum Gasteiger partial charge on any atom is 0.293 e. The van der Waals surface area contributed by atoms with E-state index in [0.717, 1.165) is 0 Å². The fraction of sp³-hybridized carbons (Fsp3) is 0.417. The molecular formula is C12H18O2. The lowest BCUT2D eigenvalue weighted by molar-refractivity contribution is -0.129. The number of hydrogen-bond acceptors (Lipinski definition) is 2. The molecule has 0 unspecified atom stereocenters. The van der Waals surface area contributed by atoms with Crippen LogP contribution in [0.15, 0.2) is 30.3 Å². The highest BCUT2D eigenvalue weighted by Gasteiger charge is 1.88. The van der Waals surface area contributed by atoms with E-state index in [1.54, 1.807) is 0 Å². The van der Waals surface area contributed by atoms with Gasteiger partial charge in [-0.05, 0) is 12.8 Å². The molecule has 0 aromatic heterocycles. The molecule has 0 fully saturated rings. The second-order valence-electron chi connectivity index (χ2n) is 3.48. The summed E-state index contributed by atoms with van der Waals surface area (Å²) in [5.41, 5.74) is 1.32. The lowest BCUT2D eigenvalue weighted by Crippen LogP contribution is -1.98. The number of benzene rings is 1. The summed E-state index contributed by atoms with van der Waals surface area (Å²) in [6, 6.07) is 10.3. The maximum atomic E-state index is 9.49. The van der Waals surface area contributed by atoms with Gasteiger partial charge in [0.15, 0.2) is 0 Å². The van der Waals surface area contributed by atoms with Crippen LogP contribution in [-0.4, -0.2) is 13.1 Å². The van der Waals surface area contributed by atoms with E-state index in [1.807, 2.05) is 32.0 Å². The number of ether oxygens (including phenoxy) is 1. The summed E-state index contributed by atoms with van der Waals surface area (Å²) in [6.45, 7) is 7.07. The van der Waals surface area contributed by atoms with Crippen molar-refractivity contribution in [3.63, 3.8) is 0 Å². The average Bonchev–Trinajstić information content (AvgIpc) is 2.17. The Kier molecular flexibility index (Phi) is 7.52. The zero-order chi connectivity index (χ0) is 10.8. The maximum absolute atomic E-state index is 9.49. The number of hydrogen-bond donors (Lipinski definition) is 0. The van der Waals surface area contributed by atoms with E-state index >= 15 is 0 Å². The van der Waals surface area contributed by atoms with Crippen molar-refractivity contribution in [3.05, 3.63) is 35.9 Å². The van der Waals surface area contributed by atoms with Crippen molar-refractivity contribution >= 4 is 6.47 Å². The fourth-order valence-corrected chi connectivity index (χ4v) is 0.766. The number of rotatable bonds is 3. The van der Waals surface area contributed by atoms with Gasteiger partial charge in [-0.3, -0.25) is 4.79 Å². The number of aryl methyl sites for hydroxylation is 1. The minimum atomic E-state index is 0.449. The molecule has 0 atom stereocenters. The third-order valence-electron chi connectivity index (χ3n) is 1.44. The van der Waals surface area contributed by atoms with Gasteiger partial charge in [-0.25, -0.2) is 0 Å². The SMILES string of the molecule is CC(C)COC=O.Cc1ccccc1. The first-order valence-corrected chi connectivity index (χ1v) is 4.73. The molecular weight excluding hydrogens is 176 g/mol. The summed E-state index contributed by atoms with van der Waals surface area (Å²) in [6.07, 6.45) is 0. The van der Waals surface area contributed by atoms with Crippen molar-refractivity contribution in [2.24, 2.45) is 5.92 Å². The quantitative estimate of drug-likeness (QED) is 0.692. The van der Waals surface area contributed by atoms with Crippen LogP contribution in [0.1, 0.15) is 19.4 Å². The van der Waals surface area contributed by atoms with Gasteiger partial charge in [-0.2, -0.15) is 0 Å². The average molecular weight is 194 g/mol. The molecule has 2 heteroatoms. The van der Waals surface area contributed by atoms with Gasteiger partial charge in [-0.15, -0.1) is 0 Å². The van der Waals surface area contributed by atoms with Crippen molar-refractivity contribution in [1.29, 1.82) is 0 Å². The summed E-state index contributed by atoms with van der Waals surface area (Å²) in [5, 5.41) is 0. The van der Waals surface area contributed by atoms with Crippen LogP contribution in [0.5, 0.6) is 0 Å². The molecule has 0 aliphatic heterocycles. The van der Waals surface area contributed by atoms with E-state index < -0.39 is 0 Å². The van der Waals surface area contributed by atoms with Gasteiger partial charge in [0.1, 0.15) is 0 Å². The van der Waals surface area contributed by atoms with Gasteiger partial charge in [0.2, 0.25) is 0 Å². The van der Waals surface area contributed by atoms with Crippen LogP contribution in [-0.2, 0) is 9.53 Å². The molecule has 1 aromatic rings. The molecule has 1 rings (SSSR count). The van der Waals surface area contributed by atoms with Gasteiger partial charge in [-0.1, -0.05) is 49.7 Å². The van der Waals surface area contributed by atoms with Gasteiger partial charge in [0, 0.05) is 0 Å². The second kappa shape index (κ2) is 8.30. The molecule has 0 saturated carbocycles. The molecule has 14 heavy (non-hydrogen) atoms. The molecule has 0 aliphatic rings. The molecule has 0 bridgehead atoms. The molecule has 0 saturated heterocycles. The van der Waals surface area contributed by atoms with Crippen LogP contribution in [0.3, 0.4) is 0 Å². The Balaban J connectivity index is 0.000000241. The van der Waals surface area contributed by atoms with Crippen LogP contribution in [0.2, 0.25) is 0 Å². The topological polar surface area (TPSA) is 26.3 Å². The Morgan fingerprint density at radius 1 is 1.29 bits per heavy atom. The molecule has 0 amide bonds. The highest BCUT2D eigenvalue weighted by Crippen LogP contribution is 1.92. The molecule has 0 N–H and O–H groups in total. The first kappa shape index (κ1) is 12.7. The standard InChI is InChI=1S/C7H8.C5H10O2/c1-7-5-3-2-4-6-7;1-5(2)3-7-4-6/h2-6H,1H3;4-5H,3H2,1-2H3. The third-order valence-corrected chi connectivity index (χ3v) is 1.44. The Labute approximate surface area is 85.9 Å². The van der Waals surface area contributed by atoms with Crippen LogP contribution in [0.4, 0.5) is 0 Å². The lowest BCUT2D eigenvalue weighted by atomic mass is 10.2. The highest BCUT2D eigenvalue weighted by atomic mass is 16.5. The smallest absolute Gasteiger partial charge is 0.293 e. The van der Waals surface area contributed by atoms with Crippen molar-refractivity contribution < 1.29 is 9.53 Å². The first-order valence-electron chi connectivity index (χ1n) is 4.73. The van der Waals surface area contributed by atoms with Crippen LogP contribution < -0.4 is 0 Å². The summed E-state index contributed by atoms with van der Waals surface area (Å²) in [5.74, 6) is 0.449. The molecule has 2 nitrogen and oxygen atoms in total. The van der Waals surface area contributed by atoms with E-state index in [9.17, 15) is 4.79 Å². The molecule has 1 aromatic carbocycles. The van der Waals surface area contributed by atoms with E-state index in [4.69, 9.17) is 0 Å². The van der Waals surface area contributed by atoms with Gasteiger partial charge >= 0.3 is 0 Å². The number of carbonyl (C=O) groups excluding carboxylic acids is 1. The van der Waals surface area contributed by atoms with Crippen LogP contribution in [0.25, 0.3) is 0 Å². The minimum Gasteiger partial charge on any atom is -0.468 e. The minimum absolute atomic E-state index is 0.449. The Bertz CT molecular complexity index is 229. The van der Waals surface area contributed by atoms with Crippen molar-refractivity contribution in [1.82, 2.24) is 0 Å². The summed E-state index contributed by atoms with van der Waals surface area (Å²) in [4.78, 5) is 9.49. The monoisotopic (exact) mass is 194 g/mol. The zero-order valence-electron chi connectivity index (χ0n) is 9.07. The molecule has 0 aliphatic carbocycles. The lowest BCUT2D eigenvalue weighted by Gasteiger charge is -1.98. The largest absolute Gasteiger partial charge is 0.468 e. The van der Waals surface area contributed by atoms with Crippen LogP contribution in [0, 0.1) is 12.8 Å². The van der Waals surface area contributed by atoms with Gasteiger partial charge < -0.3 is 4.74 Å². The van der Waals surface area contributed by atoms with Crippen molar-refractivity contribution in [2.75, 3.05) is 6.61 Å². The van der Waals surface area contributed by atoms with Gasteiger partial charge in [0.05, 0.1) is 6.61 Å². The molecule has 0 heterocycles. The summed E-state index contributed by atoms with van der Waals surface area (Å²) >= 11 is 0. The van der Waals surface area contributed by atoms with Gasteiger partial charge in [0.25, 0.3) is 6.47 Å². The third kappa shape index (κ3) is 8.78. The van der Waals surface area contributed by atoms with Crippen LogP contribution >= 0.6 is 0 Å². The zero-order valence-corrected chi connectivity index (χ0v) is 9.07. The predicted molar refractivity (Wildman–Crippen MR) is 58.0 cm³/mol. The Morgan fingerprint density at radius 3 is 2.07 bits per heavy atom. The number of carbonyl (C=O) groups is 1. The summed E-state index contributed by atoms with van der Waals surface area (Å²) in [7, 11) is 0. The van der Waals surface area contributed by atoms with E-state index in [2.05, 4.69) is 23.8 Å². The predicted octanol–water partition coefficient (Wildman–Crippen LogP) is 2.81. The van der Waals surface area contributed by atoms with E-state index in [0.29, 0.717) is 19.0 Å².